The summed E-state index contributed by atoms with van der Waals surface area (Å²) in [5.41, 5.74) is 4.59. The predicted molar refractivity (Wildman–Crippen MR) is 116 cm³/mol. The van der Waals surface area contributed by atoms with E-state index in [4.69, 9.17) is 14.9 Å². The number of fused-ring (bicyclic) bond motifs is 3. The van der Waals surface area contributed by atoms with Crippen LogP contribution in [-0.4, -0.2) is 54.0 Å². The summed E-state index contributed by atoms with van der Waals surface area (Å²) in [6, 6.07) is 15.1. The summed E-state index contributed by atoms with van der Waals surface area (Å²) in [6.45, 7) is 0.178. The molecule has 0 saturated heterocycles. The first-order valence-corrected chi connectivity index (χ1v) is 10.7. The van der Waals surface area contributed by atoms with Crippen LogP contribution in [0, 0.1) is 11.8 Å². The summed E-state index contributed by atoms with van der Waals surface area (Å²) in [5.74, 6) is -1.97. The molecule has 32 heavy (non-hydrogen) atoms. The van der Waals surface area contributed by atoms with Gasteiger partial charge in [-0.1, -0.05) is 48.5 Å². The van der Waals surface area contributed by atoms with E-state index in [1.54, 1.807) is 0 Å². The van der Waals surface area contributed by atoms with Gasteiger partial charge in [-0.2, -0.15) is 0 Å². The van der Waals surface area contributed by atoms with Gasteiger partial charge in [-0.25, -0.2) is 9.59 Å². The molecule has 0 radical (unpaired) electrons. The number of aliphatic carboxylic acids is 1. The van der Waals surface area contributed by atoms with Gasteiger partial charge in [0.15, 0.2) is 0 Å². The van der Waals surface area contributed by atoms with Gasteiger partial charge in [0.25, 0.3) is 0 Å². The third-order valence-corrected chi connectivity index (χ3v) is 6.14. The quantitative estimate of drug-likeness (QED) is 0.475. The Morgan fingerprint density at radius 2 is 1.66 bits per heavy atom. The third kappa shape index (κ3) is 4.60. The van der Waals surface area contributed by atoms with Crippen molar-refractivity contribution < 1.29 is 29.3 Å². The number of alkyl carbamates (subject to hydrolysis) is 1. The van der Waals surface area contributed by atoms with Crippen LogP contribution in [0.5, 0.6) is 0 Å². The first-order valence-electron chi connectivity index (χ1n) is 10.7. The van der Waals surface area contributed by atoms with E-state index in [2.05, 4.69) is 34.9 Å². The monoisotopic (exact) mass is 438 g/mol. The predicted octanol–water partition coefficient (Wildman–Crippen LogP) is 2.11. The van der Waals surface area contributed by atoms with Gasteiger partial charge in [0.1, 0.15) is 12.6 Å². The number of amides is 2. The molecular weight excluding hydrogens is 412 g/mol. The maximum absolute atomic E-state index is 12.2. The third-order valence-electron chi connectivity index (χ3n) is 6.14. The van der Waals surface area contributed by atoms with Crippen LogP contribution in [0.3, 0.4) is 0 Å². The van der Waals surface area contributed by atoms with Crippen LogP contribution in [0.2, 0.25) is 0 Å². The van der Waals surface area contributed by atoms with Gasteiger partial charge in [-0.15, -0.1) is 0 Å². The topological polar surface area (TPSA) is 125 Å². The Labute approximate surface area is 185 Å². The number of ether oxygens (including phenoxy) is 1. The number of hydrogen-bond donors (Lipinski definition) is 4. The number of carboxylic acid groups (broad SMARTS) is 1. The van der Waals surface area contributed by atoms with Crippen LogP contribution in [0.4, 0.5) is 4.79 Å². The highest BCUT2D eigenvalue weighted by Gasteiger charge is 2.44. The Morgan fingerprint density at radius 1 is 1.03 bits per heavy atom. The molecule has 2 aromatic rings. The molecule has 1 fully saturated rings. The summed E-state index contributed by atoms with van der Waals surface area (Å²) in [6.07, 6.45) is -0.0150. The summed E-state index contributed by atoms with van der Waals surface area (Å²) in [5, 5.41) is 23.1. The molecule has 0 heterocycles. The van der Waals surface area contributed by atoms with Crippen molar-refractivity contribution >= 4 is 18.0 Å². The molecular formula is C24H26N2O6. The summed E-state index contributed by atoms with van der Waals surface area (Å²) >= 11 is 0. The lowest BCUT2D eigenvalue weighted by molar-refractivity contribution is -0.142. The molecule has 2 aromatic carbocycles. The number of aliphatic hydroxyl groups is 1. The normalized spacial score (nSPS) is 19.4. The van der Waals surface area contributed by atoms with E-state index in [0.29, 0.717) is 6.42 Å². The van der Waals surface area contributed by atoms with Gasteiger partial charge in [-0.3, -0.25) is 4.79 Å². The summed E-state index contributed by atoms with van der Waals surface area (Å²) in [7, 11) is 0. The van der Waals surface area contributed by atoms with Gasteiger partial charge in [0.05, 0.1) is 0 Å². The minimum Gasteiger partial charge on any atom is -0.480 e. The largest absolute Gasteiger partial charge is 0.480 e. The Kier molecular flexibility index (Phi) is 6.41. The smallest absolute Gasteiger partial charge is 0.407 e. The van der Waals surface area contributed by atoms with Crippen molar-refractivity contribution in [2.24, 2.45) is 11.8 Å². The van der Waals surface area contributed by atoms with Crippen LogP contribution in [0.1, 0.15) is 29.9 Å². The molecule has 0 unspecified atom stereocenters. The first-order chi connectivity index (χ1) is 15.5. The van der Waals surface area contributed by atoms with E-state index in [1.807, 2.05) is 24.3 Å². The molecule has 0 aromatic heterocycles. The number of aliphatic hydroxyl groups excluding tert-OH is 1. The molecule has 2 aliphatic carbocycles. The van der Waals surface area contributed by atoms with Crippen molar-refractivity contribution in [2.45, 2.75) is 24.8 Å². The Hall–Kier alpha value is -3.39. The molecule has 1 saturated carbocycles. The van der Waals surface area contributed by atoms with Gasteiger partial charge in [0, 0.05) is 31.4 Å². The van der Waals surface area contributed by atoms with Crippen molar-refractivity contribution in [1.82, 2.24) is 10.6 Å². The molecule has 0 aliphatic heterocycles. The van der Waals surface area contributed by atoms with Crippen LogP contribution < -0.4 is 10.6 Å². The van der Waals surface area contributed by atoms with Gasteiger partial charge in [0.2, 0.25) is 5.91 Å². The highest BCUT2D eigenvalue weighted by atomic mass is 16.5. The SMILES string of the molecule is O=C(NC[C@H]1C[C@H]1C(=O)N[C@H](CCO)C(=O)O)OCC1c2ccccc2-c2ccccc21. The average Bonchev–Trinajstić information content (AvgIpc) is 3.51. The lowest BCUT2D eigenvalue weighted by atomic mass is 9.98. The van der Waals surface area contributed by atoms with Crippen molar-refractivity contribution in [3.63, 3.8) is 0 Å². The molecule has 4 N–H and O–H groups in total. The minimum atomic E-state index is -1.18. The fraction of sp³-hybridized carbons (Fsp3) is 0.375. The zero-order valence-electron chi connectivity index (χ0n) is 17.5. The Morgan fingerprint density at radius 3 is 2.25 bits per heavy atom. The molecule has 4 rings (SSSR count). The molecule has 2 aliphatic rings. The fourth-order valence-corrected chi connectivity index (χ4v) is 4.32. The first kappa shape index (κ1) is 21.8. The Bertz CT molecular complexity index is 978. The number of carboxylic acids is 1. The van der Waals surface area contributed by atoms with E-state index in [-0.39, 0.29) is 49.8 Å². The zero-order chi connectivity index (χ0) is 22.7. The van der Waals surface area contributed by atoms with Crippen LogP contribution in [0.25, 0.3) is 11.1 Å². The fourth-order valence-electron chi connectivity index (χ4n) is 4.32. The van der Waals surface area contributed by atoms with Crippen molar-refractivity contribution in [3.8, 4) is 11.1 Å². The molecule has 0 bridgehead atoms. The molecule has 0 spiro atoms. The standard InChI is InChI=1S/C24H26N2O6/c27-10-9-21(23(29)30)26-22(28)19-11-14(19)12-25-24(31)32-13-20-17-7-3-1-5-15(17)16-6-2-4-8-18(16)20/h1-8,14,19-21,27H,9-13H2,(H,25,31)(H,26,28)(H,29,30)/t14-,19-,21-/m1/s1. The number of carbonyl (C=O) groups is 3. The van der Waals surface area contributed by atoms with Gasteiger partial charge >= 0.3 is 12.1 Å². The molecule has 3 atom stereocenters. The van der Waals surface area contributed by atoms with E-state index in [1.165, 1.54) is 0 Å². The molecule has 2 amide bonds. The lowest BCUT2D eigenvalue weighted by Gasteiger charge is -2.15. The minimum absolute atomic E-state index is 0.0212. The van der Waals surface area contributed by atoms with Crippen molar-refractivity contribution in [3.05, 3.63) is 59.7 Å². The van der Waals surface area contributed by atoms with E-state index >= 15 is 0 Å². The average molecular weight is 438 g/mol. The second-order valence-corrected chi connectivity index (χ2v) is 8.22. The van der Waals surface area contributed by atoms with Crippen LogP contribution >= 0.6 is 0 Å². The number of carbonyl (C=O) groups excluding carboxylic acids is 2. The van der Waals surface area contributed by atoms with E-state index in [0.717, 1.165) is 22.3 Å². The highest BCUT2D eigenvalue weighted by molar-refractivity contribution is 5.86. The number of nitrogens with one attached hydrogen (secondary N) is 2. The maximum atomic E-state index is 12.2. The number of rotatable bonds is 9. The van der Waals surface area contributed by atoms with Crippen molar-refractivity contribution in [1.29, 1.82) is 0 Å². The molecule has 8 nitrogen and oxygen atoms in total. The van der Waals surface area contributed by atoms with Crippen LogP contribution in [0.15, 0.2) is 48.5 Å². The van der Waals surface area contributed by atoms with Gasteiger partial charge < -0.3 is 25.6 Å². The molecule has 8 heteroatoms. The zero-order valence-corrected chi connectivity index (χ0v) is 17.5. The number of benzene rings is 2. The maximum Gasteiger partial charge on any atom is 0.407 e. The Balaban J connectivity index is 1.25. The molecule has 168 valence electrons. The van der Waals surface area contributed by atoms with Gasteiger partial charge in [-0.05, 0) is 34.6 Å². The lowest BCUT2D eigenvalue weighted by Crippen LogP contribution is -2.42. The van der Waals surface area contributed by atoms with Crippen molar-refractivity contribution in [2.75, 3.05) is 19.8 Å². The summed E-state index contributed by atoms with van der Waals surface area (Å²) < 4.78 is 5.49. The van der Waals surface area contributed by atoms with Crippen LogP contribution in [-0.2, 0) is 14.3 Å². The summed E-state index contributed by atoms with van der Waals surface area (Å²) in [4.78, 5) is 35.5. The second-order valence-electron chi connectivity index (χ2n) is 8.22. The second kappa shape index (κ2) is 9.40. The highest BCUT2D eigenvalue weighted by Crippen LogP contribution is 2.44. The number of hydrogen-bond acceptors (Lipinski definition) is 5. The van der Waals surface area contributed by atoms with E-state index < -0.39 is 18.1 Å². The van der Waals surface area contributed by atoms with E-state index in [9.17, 15) is 14.4 Å².